The molecular formula is C20H19Cl2N3O5. The molecule has 0 spiro atoms. The van der Waals surface area contributed by atoms with Gasteiger partial charge in [-0.05, 0) is 37.1 Å². The van der Waals surface area contributed by atoms with Crippen molar-refractivity contribution in [2.45, 2.75) is 32.9 Å². The van der Waals surface area contributed by atoms with Crippen molar-refractivity contribution < 1.29 is 14.1 Å². The van der Waals surface area contributed by atoms with E-state index in [9.17, 15) is 19.7 Å². The number of hydrogen-bond donors (Lipinski definition) is 0. The minimum absolute atomic E-state index is 0.0555. The lowest BCUT2D eigenvalue weighted by Crippen LogP contribution is -2.30. The number of carbonyl (C=O) groups excluding carboxylic acids is 1. The fraction of sp³-hybridized carbons (Fsp3) is 0.300. The van der Waals surface area contributed by atoms with Gasteiger partial charge >= 0.3 is 5.76 Å². The van der Waals surface area contributed by atoms with Crippen LogP contribution in [0, 0.1) is 10.1 Å². The van der Waals surface area contributed by atoms with E-state index >= 15 is 0 Å². The number of rotatable bonds is 8. The monoisotopic (exact) mass is 451 g/mol. The molecule has 1 aromatic heterocycles. The highest BCUT2D eigenvalue weighted by Gasteiger charge is 2.16. The topological polar surface area (TPSA) is 98.6 Å². The van der Waals surface area contributed by atoms with E-state index in [0.717, 1.165) is 5.56 Å². The van der Waals surface area contributed by atoms with E-state index in [2.05, 4.69) is 0 Å². The van der Waals surface area contributed by atoms with E-state index in [1.54, 1.807) is 17.0 Å². The highest BCUT2D eigenvalue weighted by molar-refractivity contribution is 6.42. The van der Waals surface area contributed by atoms with Crippen LogP contribution in [-0.2, 0) is 17.9 Å². The number of hydrogen-bond acceptors (Lipinski definition) is 5. The maximum atomic E-state index is 12.6. The van der Waals surface area contributed by atoms with Crippen molar-refractivity contribution in [3.05, 3.63) is 72.7 Å². The van der Waals surface area contributed by atoms with Crippen molar-refractivity contribution in [2.75, 3.05) is 6.54 Å². The van der Waals surface area contributed by atoms with Gasteiger partial charge in [0.2, 0.25) is 5.91 Å². The Kier molecular flexibility index (Phi) is 6.79. The highest BCUT2D eigenvalue weighted by Crippen LogP contribution is 2.24. The zero-order chi connectivity index (χ0) is 21.8. The van der Waals surface area contributed by atoms with E-state index in [1.165, 1.54) is 22.8 Å². The normalized spacial score (nSPS) is 11.0. The fourth-order valence-electron chi connectivity index (χ4n) is 3.16. The van der Waals surface area contributed by atoms with Crippen LogP contribution >= 0.6 is 23.2 Å². The molecule has 10 heteroatoms. The molecule has 0 aliphatic carbocycles. The van der Waals surface area contributed by atoms with Crippen molar-refractivity contribution in [2.24, 2.45) is 0 Å². The van der Waals surface area contributed by atoms with Crippen LogP contribution in [0.3, 0.4) is 0 Å². The van der Waals surface area contributed by atoms with Crippen molar-refractivity contribution >= 4 is 45.9 Å². The van der Waals surface area contributed by atoms with Crippen LogP contribution < -0.4 is 5.76 Å². The van der Waals surface area contributed by atoms with Crippen molar-refractivity contribution in [3.8, 4) is 0 Å². The van der Waals surface area contributed by atoms with Crippen LogP contribution in [0.4, 0.5) is 5.69 Å². The standard InChI is InChI=1S/C20H19Cl2N3O5/c1-2-23(12-13-5-7-15(21)16(22)10-13)19(26)4-3-9-24-17-8-6-14(25(28)29)11-18(17)30-20(24)27/h5-8,10-11H,2-4,9,12H2,1H3. The summed E-state index contributed by atoms with van der Waals surface area (Å²) in [5.74, 6) is -0.666. The molecular weight excluding hydrogens is 433 g/mol. The summed E-state index contributed by atoms with van der Waals surface area (Å²) in [4.78, 5) is 36.7. The zero-order valence-corrected chi connectivity index (χ0v) is 17.7. The Bertz CT molecular complexity index is 1160. The second kappa shape index (κ2) is 9.32. The van der Waals surface area contributed by atoms with Gasteiger partial charge in [-0.2, -0.15) is 0 Å². The van der Waals surface area contributed by atoms with Gasteiger partial charge in [-0.25, -0.2) is 4.79 Å². The lowest BCUT2D eigenvalue weighted by Gasteiger charge is -2.21. The first kappa shape index (κ1) is 21.9. The number of aromatic nitrogens is 1. The number of oxazole rings is 1. The Morgan fingerprint density at radius 3 is 2.63 bits per heavy atom. The third-order valence-corrected chi connectivity index (χ3v) is 5.47. The van der Waals surface area contributed by atoms with Gasteiger partial charge in [-0.1, -0.05) is 29.3 Å². The molecule has 0 fully saturated rings. The smallest absolute Gasteiger partial charge is 0.407 e. The number of nitro groups is 1. The summed E-state index contributed by atoms with van der Waals surface area (Å²) >= 11 is 12.0. The average Bonchev–Trinajstić information content (AvgIpc) is 3.03. The van der Waals surface area contributed by atoms with Crippen LogP contribution in [0.5, 0.6) is 0 Å². The minimum Gasteiger partial charge on any atom is -0.407 e. The molecule has 0 N–H and O–H groups in total. The Morgan fingerprint density at radius 2 is 1.97 bits per heavy atom. The van der Waals surface area contributed by atoms with Crippen molar-refractivity contribution in [1.29, 1.82) is 0 Å². The molecule has 0 saturated carbocycles. The number of benzene rings is 2. The molecule has 3 rings (SSSR count). The van der Waals surface area contributed by atoms with E-state index in [0.29, 0.717) is 35.1 Å². The summed E-state index contributed by atoms with van der Waals surface area (Å²) in [6.45, 7) is 3.08. The summed E-state index contributed by atoms with van der Waals surface area (Å²) in [7, 11) is 0. The zero-order valence-electron chi connectivity index (χ0n) is 16.1. The van der Waals surface area contributed by atoms with Gasteiger partial charge in [0.1, 0.15) is 0 Å². The summed E-state index contributed by atoms with van der Waals surface area (Å²) in [6, 6.07) is 9.25. The molecule has 0 saturated heterocycles. The molecule has 1 amide bonds. The van der Waals surface area contributed by atoms with Crippen LogP contribution in [0.1, 0.15) is 25.3 Å². The summed E-state index contributed by atoms with van der Waals surface area (Å²) < 4.78 is 6.48. The fourth-order valence-corrected chi connectivity index (χ4v) is 3.48. The number of fused-ring (bicyclic) bond motifs is 1. The number of amides is 1. The van der Waals surface area contributed by atoms with Gasteiger partial charge in [-0.3, -0.25) is 19.5 Å². The first-order chi connectivity index (χ1) is 14.3. The van der Waals surface area contributed by atoms with E-state index in [4.69, 9.17) is 27.6 Å². The van der Waals surface area contributed by atoms with Crippen molar-refractivity contribution in [1.82, 2.24) is 9.47 Å². The Labute approximate surface area is 181 Å². The van der Waals surface area contributed by atoms with Crippen molar-refractivity contribution in [3.63, 3.8) is 0 Å². The number of non-ortho nitro benzene ring substituents is 1. The molecule has 0 radical (unpaired) electrons. The molecule has 8 nitrogen and oxygen atoms in total. The Balaban J connectivity index is 1.64. The van der Waals surface area contributed by atoms with Gasteiger partial charge < -0.3 is 9.32 Å². The van der Waals surface area contributed by atoms with E-state index in [1.807, 2.05) is 13.0 Å². The first-order valence-corrected chi connectivity index (χ1v) is 10.0. The van der Waals surface area contributed by atoms with Gasteiger partial charge in [0.15, 0.2) is 5.58 Å². The second-order valence-corrected chi connectivity index (χ2v) is 7.50. The summed E-state index contributed by atoms with van der Waals surface area (Å²) in [6.07, 6.45) is 0.656. The maximum absolute atomic E-state index is 12.6. The van der Waals surface area contributed by atoms with Gasteiger partial charge in [-0.15, -0.1) is 0 Å². The number of nitrogens with zero attached hydrogens (tertiary/aromatic N) is 3. The molecule has 0 unspecified atom stereocenters. The highest BCUT2D eigenvalue weighted by atomic mass is 35.5. The van der Waals surface area contributed by atoms with E-state index < -0.39 is 10.7 Å². The second-order valence-electron chi connectivity index (χ2n) is 6.69. The Morgan fingerprint density at radius 1 is 1.20 bits per heavy atom. The number of halogens is 2. The van der Waals surface area contributed by atoms with Crippen LogP contribution in [-0.4, -0.2) is 26.8 Å². The van der Waals surface area contributed by atoms with E-state index in [-0.39, 0.29) is 30.1 Å². The predicted octanol–water partition coefficient (Wildman–Crippen LogP) is 4.64. The third-order valence-electron chi connectivity index (χ3n) is 4.73. The molecule has 3 aromatic rings. The molecule has 0 atom stereocenters. The number of aryl methyl sites for hydroxylation is 1. The van der Waals surface area contributed by atoms with Crippen LogP contribution in [0.15, 0.2) is 45.6 Å². The number of nitro benzene ring substituents is 1. The quantitative estimate of drug-likeness (QED) is 0.366. The lowest BCUT2D eigenvalue weighted by atomic mass is 10.2. The van der Waals surface area contributed by atoms with Gasteiger partial charge in [0.05, 0.1) is 26.6 Å². The van der Waals surface area contributed by atoms with Gasteiger partial charge in [0, 0.05) is 32.1 Å². The molecule has 0 aliphatic rings. The van der Waals surface area contributed by atoms with Gasteiger partial charge in [0.25, 0.3) is 5.69 Å². The molecule has 1 heterocycles. The lowest BCUT2D eigenvalue weighted by molar-refractivity contribution is -0.384. The number of carbonyl (C=O) groups is 1. The molecule has 0 bridgehead atoms. The summed E-state index contributed by atoms with van der Waals surface area (Å²) in [5.41, 5.74) is 1.33. The SMILES string of the molecule is CCN(Cc1ccc(Cl)c(Cl)c1)C(=O)CCCn1c(=O)oc2cc([N+](=O)[O-])ccc21. The molecule has 0 aliphatic heterocycles. The first-order valence-electron chi connectivity index (χ1n) is 9.29. The minimum atomic E-state index is -0.610. The summed E-state index contributed by atoms with van der Waals surface area (Å²) in [5, 5.41) is 11.8. The maximum Gasteiger partial charge on any atom is 0.419 e. The van der Waals surface area contributed by atoms with Crippen LogP contribution in [0.2, 0.25) is 10.0 Å². The molecule has 2 aromatic carbocycles. The third kappa shape index (κ3) is 4.83. The average molecular weight is 452 g/mol. The molecule has 30 heavy (non-hydrogen) atoms. The predicted molar refractivity (Wildman–Crippen MR) is 114 cm³/mol. The Hall–Kier alpha value is -2.84. The largest absolute Gasteiger partial charge is 0.419 e. The van der Waals surface area contributed by atoms with Crippen LogP contribution in [0.25, 0.3) is 11.1 Å². The molecule has 158 valence electrons.